The van der Waals surface area contributed by atoms with Gasteiger partial charge in [-0.05, 0) is 12.1 Å². The van der Waals surface area contributed by atoms with Crippen molar-refractivity contribution >= 4 is 21.4 Å². The molecule has 0 N–H and O–H groups in total. The third-order valence-corrected chi connectivity index (χ3v) is 2.67. The molecule has 0 spiro atoms. The molecule has 0 aromatic heterocycles. The number of anilines is 1. The van der Waals surface area contributed by atoms with Gasteiger partial charge in [-0.2, -0.15) is 0 Å². The van der Waals surface area contributed by atoms with Crippen LogP contribution in [0.2, 0.25) is 0 Å². The molecule has 0 unspecified atom stereocenters. The number of benzene rings is 1. The summed E-state index contributed by atoms with van der Waals surface area (Å²) in [5.41, 5.74) is 0.686. The molecule has 0 bridgehead atoms. The van der Waals surface area contributed by atoms with Crippen LogP contribution in [0.25, 0.3) is 0 Å². The summed E-state index contributed by atoms with van der Waals surface area (Å²) in [6.45, 7) is 0. The fourth-order valence-electron chi connectivity index (χ4n) is 1.12. The van der Waals surface area contributed by atoms with Crippen LogP contribution < -0.4 is 4.90 Å². The Morgan fingerprint density at radius 3 is 2.27 bits per heavy atom. The van der Waals surface area contributed by atoms with Gasteiger partial charge < -0.3 is 4.90 Å². The van der Waals surface area contributed by atoms with Crippen LogP contribution in [0.5, 0.6) is 0 Å². The summed E-state index contributed by atoms with van der Waals surface area (Å²) in [5.74, 6) is -0.887. The second-order valence-electron chi connectivity index (χ2n) is 3.36. The molecule has 0 radical (unpaired) electrons. The molecule has 5 heteroatoms. The van der Waals surface area contributed by atoms with E-state index in [0.717, 1.165) is 6.26 Å². The lowest BCUT2D eigenvalue weighted by Gasteiger charge is -2.16. The first kappa shape index (κ1) is 11.7. The molecule has 0 aliphatic rings. The van der Waals surface area contributed by atoms with Gasteiger partial charge in [0.05, 0.1) is 0 Å². The van der Waals surface area contributed by atoms with Crippen LogP contribution in [-0.4, -0.2) is 33.4 Å². The molecule has 0 aliphatic carbocycles. The number of carbonyl (C=O) groups is 1. The zero-order valence-corrected chi connectivity index (χ0v) is 9.49. The lowest BCUT2D eigenvalue weighted by atomic mass is 10.3. The van der Waals surface area contributed by atoms with E-state index in [4.69, 9.17) is 0 Å². The van der Waals surface area contributed by atoms with Gasteiger partial charge in [0, 0.05) is 19.0 Å². The summed E-state index contributed by atoms with van der Waals surface area (Å²) in [6, 6.07) is 8.91. The van der Waals surface area contributed by atoms with Gasteiger partial charge in [0.15, 0.2) is 9.84 Å². The van der Waals surface area contributed by atoms with Crippen LogP contribution in [0.1, 0.15) is 0 Å². The van der Waals surface area contributed by atoms with Crippen LogP contribution in [0.3, 0.4) is 0 Å². The second-order valence-corrected chi connectivity index (χ2v) is 5.50. The zero-order valence-electron chi connectivity index (χ0n) is 8.67. The van der Waals surface area contributed by atoms with Gasteiger partial charge in [-0.25, -0.2) is 8.42 Å². The van der Waals surface area contributed by atoms with Crippen LogP contribution in [0, 0.1) is 0 Å². The standard InChI is InChI=1S/C10H13NO3S/c1-11(9-6-4-3-5-7-9)10(12)8-15(2,13)14/h3-7H,8H2,1-2H3. The summed E-state index contributed by atoms with van der Waals surface area (Å²) in [6.07, 6.45) is 1.05. The van der Waals surface area contributed by atoms with Crippen molar-refractivity contribution in [3.05, 3.63) is 30.3 Å². The average molecular weight is 227 g/mol. The Morgan fingerprint density at radius 2 is 1.80 bits per heavy atom. The van der Waals surface area contributed by atoms with Crippen molar-refractivity contribution in [2.45, 2.75) is 0 Å². The number of sulfone groups is 1. The lowest BCUT2D eigenvalue weighted by molar-refractivity contribution is -0.115. The Kier molecular flexibility index (Phi) is 3.47. The van der Waals surface area contributed by atoms with Gasteiger partial charge >= 0.3 is 0 Å². The molecule has 4 nitrogen and oxygen atoms in total. The summed E-state index contributed by atoms with van der Waals surface area (Å²) >= 11 is 0. The molecule has 0 saturated carbocycles. The summed E-state index contributed by atoms with van der Waals surface area (Å²) < 4.78 is 21.9. The second kappa shape index (κ2) is 4.44. The molecule has 0 aliphatic heterocycles. The van der Waals surface area contributed by atoms with Gasteiger partial charge in [0.2, 0.25) is 5.91 Å². The maximum absolute atomic E-state index is 11.5. The van der Waals surface area contributed by atoms with Crippen molar-refractivity contribution in [2.75, 3.05) is 24.0 Å². The molecule has 0 fully saturated rings. The molecule has 0 saturated heterocycles. The molecule has 1 rings (SSSR count). The molecule has 82 valence electrons. The van der Waals surface area contributed by atoms with E-state index >= 15 is 0 Å². The van der Waals surface area contributed by atoms with E-state index in [1.165, 1.54) is 4.90 Å². The highest BCUT2D eigenvalue weighted by Gasteiger charge is 2.16. The third kappa shape index (κ3) is 3.71. The fourth-order valence-corrected chi connectivity index (χ4v) is 1.76. The van der Waals surface area contributed by atoms with Crippen LogP contribution in [0.4, 0.5) is 5.69 Å². The minimum Gasteiger partial charge on any atom is -0.315 e. The van der Waals surface area contributed by atoms with E-state index in [1.807, 2.05) is 6.07 Å². The summed E-state index contributed by atoms with van der Waals surface area (Å²) in [5, 5.41) is 0. The van der Waals surface area contributed by atoms with Gasteiger partial charge in [-0.1, -0.05) is 18.2 Å². The predicted molar refractivity (Wildman–Crippen MR) is 59.6 cm³/mol. The largest absolute Gasteiger partial charge is 0.315 e. The van der Waals surface area contributed by atoms with E-state index in [-0.39, 0.29) is 0 Å². The Labute approximate surface area is 89.4 Å². The maximum Gasteiger partial charge on any atom is 0.241 e. The smallest absolute Gasteiger partial charge is 0.241 e. The van der Waals surface area contributed by atoms with Gasteiger partial charge in [-0.15, -0.1) is 0 Å². The van der Waals surface area contributed by atoms with E-state index in [0.29, 0.717) is 5.69 Å². The highest BCUT2D eigenvalue weighted by molar-refractivity contribution is 7.91. The number of hydrogen-bond acceptors (Lipinski definition) is 3. The number of hydrogen-bond donors (Lipinski definition) is 0. The molecule has 1 amide bonds. The molecular formula is C10H13NO3S. The van der Waals surface area contributed by atoms with Crippen LogP contribution >= 0.6 is 0 Å². The van der Waals surface area contributed by atoms with Crippen molar-refractivity contribution < 1.29 is 13.2 Å². The molecule has 1 aromatic rings. The van der Waals surface area contributed by atoms with E-state index in [9.17, 15) is 13.2 Å². The van der Waals surface area contributed by atoms with E-state index in [2.05, 4.69) is 0 Å². The SMILES string of the molecule is CN(C(=O)CS(C)(=O)=O)c1ccccc1. The number of amides is 1. The van der Waals surface area contributed by atoms with Crippen molar-refractivity contribution in [3.8, 4) is 0 Å². The predicted octanol–water partition coefficient (Wildman–Crippen LogP) is 0.694. The summed E-state index contributed by atoms with van der Waals surface area (Å²) in [7, 11) is -1.71. The van der Waals surface area contributed by atoms with Crippen molar-refractivity contribution in [2.24, 2.45) is 0 Å². The molecule has 15 heavy (non-hydrogen) atoms. The van der Waals surface area contributed by atoms with Crippen LogP contribution in [-0.2, 0) is 14.6 Å². The molecule has 1 aromatic carbocycles. The Balaban J connectivity index is 2.78. The first-order valence-electron chi connectivity index (χ1n) is 4.39. The maximum atomic E-state index is 11.5. The van der Waals surface area contributed by atoms with Crippen molar-refractivity contribution in [1.82, 2.24) is 0 Å². The Morgan fingerprint density at radius 1 is 1.27 bits per heavy atom. The Hall–Kier alpha value is -1.36. The van der Waals surface area contributed by atoms with E-state index < -0.39 is 21.5 Å². The third-order valence-electron chi connectivity index (χ3n) is 1.90. The van der Waals surface area contributed by atoms with Gasteiger partial charge in [-0.3, -0.25) is 4.79 Å². The quantitative estimate of drug-likeness (QED) is 0.763. The minimum atomic E-state index is -3.27. The normalized spacial score (nSPS) is 11.1. The van der Waals surface area contributed by atoms with Crippen molar-refractivity contribution in [3.63, 3.8) is 0 Å². The van der Waals surface area contributed by atoms with E-state index in [1.54, 1.807) is 31.3 Å². The minimum absolute atomic E-state index is 0.427. The summed E-state index contributed by atoms with van der Waals surface area (Å²) in [4.78, 5) is 12.8. The average Bonchev–Trinajstić information content (AvgIpc) is 2.15. The number of rotatable bonds is 3. The van der Waals surface area contributed by atoms with Crippen LogP contribution in [0.15, 0.2) is 30.3 Å². The zero-order chi connectivity index (χ0) is 11.5. The fraction of sp³-hybridized carbons (Fsp3) is 0.300. The van der Waals surface area contributed by atoms with Gasteiger partial charge in [0.1, 0.15) is 5.75 Å². The lowest BCUT2D eigenvalue weighted by Crippen LogP contribution is -2.31. The van der Waals surface area contributed by atoms with Crippen molar-refractivity contribution in [1.29, 1.82) is 0 Å². The topological polar surface area (TPSA) is 54.5 Å². The highest BCUT2D eigenvalue weighted by atomic mass is 32.2. The molecule has 0 atom stereocenters. The number of nitrogens with zero attached hydrogens (tertiary/aromatic N) is 1. The highest BCUT2D eigenvalue weighted by Crippen LogP contribution is 2.11. The monoisotopic (exact) mass is 227 g/mol. The number of carbonyl (C=O) groups excluding carboxylic acids is 1. The first-order valence-corrected chi connectivity index (χ1v) is 6.45. The number of para-hydroxylation sites is 1. The first-order chi connectivity index (χ1) is 6.90. The van der Waals surface area contributed by atoms with Gasteiger partial charge in [0.25, 0.3) is 0 Å². The Bertz CT molecular complexity index is 439. The molecular weight excluding hydrogens is 214 g/mol. The molecule has 0 heterocycles.